The highest BCUT2D eigenvalue weighted by Gasteiger charge is 2.22. The molecule has 0 N–H and O–H groups in total. The van der Waals surface area contributed by atoms with Crippen LogP contribution in [-0.2, 0) is 6.54 Å². The van der Waals surface area contributed by atoms with Crippen molar-refractivity contribution in [1.29, 1.82) is 0 Å². The molecule has 26 heavy (non-hydrogen) atoms. The SMILES string of the molecule is CC(C)N(Cc1cnc2ccccc2c1)C(=O)c1cc2ccccc2o1. The van der Waals surface area contributed by atoms with E-state index >= 15 is 0 Å². The van der Waals surface area contributed by atoms with Crippen molar-refractivity contribution in [3.8, 4) is 0 Å². The van der Waals surface area contributed by atoms with E-state index in [0.717, 1.165) is 27.4 Å². The normalized spacial score (nSPS) is 11.3. The maximum atomic E-state index is 13.0. The van der Waals surface area contributed by atoms with Gasteiger partial charge in [-0.05, 0) is 43.7 Å². The van der Waals surface area contributed by atoms with Crippen molar-refractivity contribution >= 4 is 27.8 Å². The molecular weight excluding hydrogens is 324 g/mol. The van der Waals surface area contributed by atoms with Crippen LogP contribution in [0.15, 0.2) is 71.3 Å². The van der Waals surface area contributed by atoms with E-state index < -0.39 is 0 Å². The largest absolute Gasteiger partial charge is 0.451 e. The lowest BCUT2D eigenvalue weighted by Crippen LogP contribution is -2.36. The molecule has 0 aliphatic heterocycles. The highest BCUT2D eigenvalue weighted by Crippen LogP contribution is 2.22. The highest BCUT2D eigenvalue weighted by atomic mass is 16.3. The Bertz CT molecular complexity index is 1050. The molecule has 1 amide bonds. The number of benzene rings is 2. The molecular formula is C22H20N2O2. The van der Waals surface area contributed by atoms with E-state index in [2.05, 4.69) is 11.1 Å². The van der Waals surface area contributed by atoms with E-state index in [1.807, 2.05) is 79.5 Å². The van der Waals surface area contributed by atoms with Gasteiger partial charge in [0.05, 0.1) is 5.52 Å². The minimum atomic E-state index is -0.107. The molecule has 0 fully saturated rings. The molecule has 0 aliphatic carbocycles. The molecule has 0 spiro atoms. The molecule has 2 heterocycles. The molecule has 4 aromatic rings. The van der Waals surface area contributed by atoms with Gasteiger partial charge < -0.3 is 9.32 Å². The molecule has 0 aliphatic rings. The molecule has 2 aromatic carbocycles. The van der Waals surface area contributed by atoms with Gasteiger partial charge in [0.25, 0.3) is 5.91 Å². The predicted octanol–water partition coefficient (Wildman–Crippen LogP) is 5.03. The lowest BCUT2D eigenvalue weighted by Gasteiger charge is -2.26. The maximum absolute atomic E-state index is 13.0. The Hall–Kier alpha value is -3.14. The average Bonchev–Trinajstić information content (AvgIpc) is 3.09. The van der Waals surface area contributed by atoms with E-state index in [1.54, 1.807) is 0 Å². The van der Waals surface area contributed by atoms with Crippen LogP contribution in [0.4, 0.5) is 0 Å². The van der Waals surface area contributed by atoms with Gasteiger partial charge in [-0.1, -0.05) is 36.4 Å². The van der Waals surface area contributed by atoms with E-state index in [0.29, 0.717) is 12.3 Å². The van der Waals surface area contributed by atoms with Crippen molar-refractivity contribution in [2.75, 3.05) is 0 Å². The molecule has 4 nitrogen and oxygen atoms in total. The number of furan rings is 1. The topological polar surface area (TPSA) is 46.3 Å². The van der Waals surface area contributed by atoms with Crippen molar-refractivity contribution in [1.82, 2.24) is 9.88 Å². The van der Waals surface area contributed by atoms with Crippen LogP contribution < -0.4 is 0 Å². The first-order valence-corrected chi connectivity index (χ1v) is 8.75. The Balaban J connectivity index is 1.64. The monoisotopic (exact) mass is 344 g/mol. The molecule has 4 rings (SSSR count). The summed E-state index contributed by atoms with van der Waals surface area (Å²) in [5.74, 6) is 0.262. The molecule has 0 radical (unpaired) electrons. The number of aromatic nitrogens is 1. The molecule has 130 valence electrons. The summed E-state index contributed by atoms with van der Waals surface area (Å²) in [7, 11) is 0. The van der Waals surface area contributed by atoms with Crippen LogP contribution in [0.3, 0.4) is 0 Å². The Morgan fingerprint density at radius 1 is 1.04 bits per heavy atom. The molecule has 0 saturated carbocycles. The van der Waals surface area contributed by atoms with Crippen LogP contribution in [0.2, 0.25) is 0 Å². The van der Waals surface area contributed by atoms with Crippen LogP contribution in [0.1, 0.15) is 30.0 Å². The Morgan fingerprint density at radius 2 is 1.77 bits per heavy atom. The van der Waals surface area contributed by atoms with Gasteiger partial charge in [-0.3, -0.25) is 9.78 Å². The van der Waals surface area contributed by atoms with Crippen molar-refractivity contribution in [3.05, 3.63) is 78.2 Å². The number of para-hydroxylation sites is 2. The number of hydrogen-bond acceptors (Lipinski definition) is 3. The minimum Gasteiger partial charge on any atom is -0.451 e. The van der Waals surface area contributed by atoms with Crippen LogP contribution in [0.25, 0.3) is 21.9 Å². The van der Waals surface area contributed by atoms with Crippen LogP contribution >= 0.6 is 0 Å². The summed E-state index contributed by atoms with van der Waals surface area (Å²) >= 11 is 0. The first-order valence-electron chi connectivity index (χ1n) is 8.75. The summed E-state index contributed by atoms with van der Waals surface area (Å²) in [5, 5.41) is 2.01. The summed E-state index contributed by atoms with van der Waals surface area (Å²) < 4.78 is 5.76. The second-order valence-electron chi connectivity index (χ2n) is 6.71. The van der Waals surface area contributed by atoms with Gasteiger partial charge in [-0.25, -0.2) is 0 Å². The third-order valence-corrected chi connectivity index (χ3v) is 4.52. The number of carbonyl (C=O) groups excluding carboxylic acids is 1. The van der Waals surface area contributed by atoms with Crippen molar-refractivity contribution in [3.63, 3.8) is 0 Å². The van der Waals surface area contributed by atoms with Crippen LogP contribution in [-0.4, -0.2) is 21.8 Å². The number of hydrogen-bond donors (Lipinski definition) is 0. The lowest BCUT2D eigenvalue weighted by molar-refractivity contribution is 0.0660. The standard InChI is InChI=1S/C22H20N2O2/c1-15(2)24(14-16-11-17-7-3-5-9-19(17)23-13-16)22(25)21-12-18-8-4-6-10-20(18)26-21/h3-13,15H,14H2,1-2H3. The maximum Gasteiger partial charge on any atom is 0.290 e. The van der Waals surface area contributed by atoms with Gasteiger partial charge in [0.15, 0.2) is 5.76 Å². The molecule has 2 aromatic heterocycles. The second-order valence-corrected chi connectivity index (χ2v) is 6.71. The summed E-state index contributed by atoms with van der Waals surface area (Å²) in [4.78, 5) is 19.3. The van der Waals surface area contributed by atoms with E-state index in [1.165, 1.54) is 0 Å². The van der Waals surface area contributed by atoms with Crippen molar-refractivity contribution in [2.45, 2.75) is 26.4 Å². The molecule has 4 heteroatoms. The van der Waals surface area contributed by atoms with E-state index in [4.69, 9.17) is 4.42 Å². The fourth-order valence-electron chi connectivity index (χ4n) is 3.12. The summed E-state index contributed by atoms with van der Waals surface area (Å²) in [6, 6.07) is 19.6. The van der Waals surface area contributed by atoms with Crippen LogP contribution in [0.5, 0.6) is 0 Å². The Labute approximate surface area is 152 Å². The smallest absolute Gasteiger partial charge is 0.290 e. The quantitative estimate of drug-likeness (QED) is 0.521. The summed E-state index contributed by atoms with van der Waals surface area (Å²) in [6.07, 6.45) is 1.84. The summed E-state index contributed by atoms with van der Waals surface area (Å²) in [5.41, 5.74) is 2.68. The van der Waals surface area contributed by atoms with Gasteiger partial charge >= 0.3 is 0 Å². The molecule has 0 unspecified atom stereocenters. The number of amides is 1. The molecule has 0 bridgehead atoms. The van der Waals surface area contributed by atoms with Crippen LogP contribution in [0, 0.1) is 0 Å². The zero-order valence-electron chi connectivity index (χ0n) is 14.8. The zero-order valence-corrected chi connectivity index (χ0v) is 14.8. The predicted molar refractivity (Wildman–Crippen MR) is 103 cm³/mol. The van der Waals surface area contributed by atoms with Crippen molar-refractivity contribution < 1.29 is 9.21 Å². The van der Waals surface area contributed by atoms with Crippen molar-refractivity contribution in [2.24, 2.45) is 0 Å². The fraction of sp³-hybridized carbons (Fsp3) is 0.182. The number of pyridine rings is 1. The third kappa shape index (κ3) is 3.06. The number of fused-ring (bicyclic) bond motifs is 2. The van der Waals surface area contributed by atoms with Gasteiger partial charge in [0.1, 0.15) is 5.58 Å². The average molecular weight is 344 g/mol. The second kappa shape index (κ2) is 6.64. The molecule has 0 saturated heterocycles. The minimum absolute atomic E-state index is 0.0437. The first kappa shape index (κ1) is 16.3. The van der Waals surface area contributed by atoms with Gasteiger partial charge in [0.2, 0.25) is 0 Å². The lowest BCUT2D eigenvalue weighted by atomic mass is 10.1. The van der Waals surface area contributed by atoms with Gasteiger partial charge in [-0.2, -0.15) is 0 Å². The Morgan fingerprint density at radius 3 is 2.54 bits per heavy atom. The van der Waals surface area contributed by atoms with Gasteiger partial charge in [-0.15, -0.1) is 0 Å². The third-order valence-electron chi connectivity index (χ3n) is 4.52. The fourth-order valence-corrected chi connectivity index (χ4v) is 3.12. The van der Waals surface area contributed by atoms with E-state index in [-0.39, 0.29) is 11.9 Å². The van der Waals surface area contributed by atoms with E-state index in [9.17, 15) is 4.79 Å². The highest BCUT2D eigenvalue weighted by molar-refractivity contribution is 5.96. The molecule has 0 atom stereocenters. The summed E-state index contributed by atoms with van der Waals surface area (Å²) in [6.45, 7) is 4.51. The Kier molecular flexibility index (Phi) is 4.17. The zero-order chi connectivity index (χ0) is 18.1. The van der Waals surface area contributed by atoms with Gasteiger partial charge in [0, 0.05) is 29.6 Å². The first-order chi connectivity index (χ1) is 12.6. The number of rotatable bonds is 4. The number of nitrogens with zero attached hydrogens (tertiary/aromatic N) is 2. The number of carbonyl (C=O) groups is 1.